The van der Waals surface area contributed by atoms with Crippen molar-refractivity contribution in [3.05, 3.63) is 0 Å². The highest BCUT2D eigenvalue weighted by atomic mass is 16.5. The van der Waals surface area contributed by atoms with Gasteiger partial charge in [0, 0.05) is 18.5 Å². The van der Waals surface area contributed by atoms with Crippen molar-refractivity contribution in [3.63, 3.8) is 0 Å². The Morgan fingerprint density at radius 2 is 1.68 bits per heavy atom. The molecule has 0 bridgehead atoms. The molecule has 0 spiro atoms. The molecule has 1 N–H and O–H groups in total. The molecule has 19 heavy (non-hydrogen) atoms. The number of carbonyl (C=O) groups is 2. The van der Waals surface area contributed by atoms with Gasteiger partial charge >= 0.3 is 0 Å². The zero-order valence-electron chi connectivity index (χ0n) is 12.7. The maximum Gasteiger partial charge on any atom is 0.245 e. The van der Waals surface area contributed by atoms with Crippen molar-refractivity contribution in [1.82, 2.24) is 10.2 Å². The molecule has 1 heterocycles. The van der Waals surface area contributed by atoms with Crippen LogP contribution in [-0.2, 0) is 14.3 Å². The third-order valence-corrected chi connectivity index (χ3v) is 3.22. The van der Waals surface area contributed by atoms with E-state index in [4.69, 9.17) is 4.74 Å². The van der Waals surface area contributed by atoms with Crippen LogP contribution < -0.4 is 5.32 Å². The van der Waals surface area contributed by atoms with Gasteiger partial charge in [-0.25, -0.2) is 0 Å². The molecule has 110 valence electrons. The third-order valence-electron chi connectivity index (χ3n) is 3.22. The van der Waals surface area contributed by atoms with E-state index in [1.807, 2.05) is 34.6 Å². The van der Waals surface area contributed by atoms with Crippen LogP contribution in [0.3, 0.4) is 0 Å². The van der Waals surface area contributed by atoms with Gasteiger partial charge in [-0.1, -0.05) is 34.6 Å². The van der Waals surface area contributed by atoms with Gasteiger partial charge in [-0.2, -0.15) is 0 Å². The second kappa shape index (κ2) is 6.37. The smallest absolute Gasteiger partial charge is 0.245 e. The topological polar surface area (TPSA) is 58.6 Å². The predicted octanol–water partition coefficient (Wildman–Crippen LogP) is 1.03. The number of hydrogen-bond acceptors (Lipinski definition) is 3. The fourth-order valence-electron chi connectivity index (χ4n) is 1.85. The lowest BCUT2D eigenvalue weighted by molar-refractivity contribution is -0.142. The lowest BCUT2D eigenvalue weighted by Crippen LogP contribution is -2.55. The number of morpholine rings is 1. The summed E-state index contributed by atoms with van der Waals surface area (Å²) in [5.41, 5.74) is -0.488. The third kappa shape index (κ3) is 4.49. The first-order valence-corrected chi connectivity index (χ1v) is 6.91. The van der Waals surface area contributed by atoms with Crippen LogP contribution in [0, 0.1) is 11.3 Å². The molecule has 5 nitrogen and oxygen atoms in total. The second-order valence-electron chi connectivity index (χ2n) is 6.38. The van der Waals surface area contributed by atoms with Gasteiger partial charge in [-0.3, -0.25) is 9.59 Å². The number of nitrogens with one attached hydrogen (secondary N) is 1. The summed E-state index contributed by atoms with van der Waals surface area (Å²) in [6, 6.07) is -0.454. The minimum Gasteiger partial charge on any atom is -0.378 e. The normalized spacial score (nSPS) is 18.3. The Labute approximate surface area is 115 Å². The lowest BCUT2D eigenvalue weighted by atomic mass is 9.93. The molecule has 1 atom stereocenters. The molecule has 1 saturated heterocycles. The molecule has 1 rings (SSSR count). The molecular weight excluding hydrogens is 244 g/mol. The Balaban J connectivity index is 2.71. The second-order valence-corrected chi connectivity index (χ2v) is 6.38. The van der Waals surface area contributed by atoms with Gasteiger partial charge in [0.2, 0.25) is 11.8 Å². The van der Waals surface area contributed by atoms with Crippen LogP contribution in [0.4, 0.5) is 0 Å². The van der Waals surface area contributed by atoms with E-state index in [2.05, 4.69) is 5.32 Å². The predicted molar refractivity (Wildman–Crippen MR) is 73.6 cm³/mol. The number of amides is 2. The van der Waals surface area contributed by atoms with E-state index in [1.165, 1.54) is 0 Å². The summed E-state index contributed by atoms with van der Waals surface area (Å²) in [7, 11) is 0. The average Bonchev–Trinajstić information content (AvgIpc) is 2.34. The number of ether oxygens (including phenoxy) is 1. The molecule has 0 aromatic heterocycles. The summed E-state index contributed by atoms with van der Waals surface area (Å²) in [6.45, 7) is 11.8. The quantitative estimate of drug-likeness (QED) is 0.833. The number of nitrogens with zero attached hydrogens (tertiary/aromatic N) is 1. The van der Waals surface area contributed by atoms with Crippen LogP contribution in [0.25, 0.3) is 0 Å². The maximum atomic E-state index is 12.5. The fourth-order valence-corrected chi connectivity index (χ4v) is 1.85. The SMILES string of the molecule is CC(C)[C@@H](NC(=O)C(C)(C)C)C(=O)N1CCOCC1. The van der Waals surface area contributed by atoms with E-state index in [1.54, 1.807) is 4.90 Å². The largest absolute Gasteiger partial charge is 0.378 e. The van der Waals surface area contributed by atoms with Gasteiger partial charge in [0.1, 0.15) is 6.04 Å². The maximum absolute atomic E-state index is 12.5. The molecule has 1 aliphatic rings. The molecule has 0 aliphatic carbocycles. The summed E-state index contributed by atoms with van der Waals surface area (Å²) >= 11 is 0. The van der Waals surface area contributed by atoms with Gasteiger partial charge in [0.25, 0.3) is 0 Å². The molecule has 1 fully saturated rings. The minimum absolute atomic E-state index is 0.00380. The zero-order valence-corrected chi connectivity index (χ0v) is 12.7. The van der Waals surface area contributed by atoms with Crippen molar-refractivity contribution >= 4 is 11.8 Å². The summed E-state index contributed by atoms with van der Waals surface area (Å²) in [6.07, 6.45) is 0. The summed E-state index contributed by atoms with van der Waals surface area (Å²) < 4.78 is 5.24. The molecule has 0 saturated carbocycles. The minimum atomic E-state index is -0.488. The van der Waals surface area contributed by atoms with Gasteiger partial charge in [-0.15, -0.1) is 0 Å². The molecule has 2 amide bonds. The van der Waals surface area contributed by atoms with Gasteiger partial charge < -0.3 is 15.0 Å². The molecule has 0 aromatic rings. The van der Waals surface area contributed by atoms with Crippen molar-refractivity contribution in [3.8, 4) is 0 Å². The molecule has 0 aromatic carbocycles. The van der Waals surface area contributed by atoms with Crippen molar-refractivity contribution in [2.75, 3.05) is 26.3 Å². The first-order valence-electron chi connectivity index (χ1n) is 6.91. The van der Waals surface area contributed by atoms with Crippen LogP contribution in [0.5, 0.6) is 0 Å². The van der Waals surface area contributed by atoms with E-state index < -0.39 is 11.5 Å². The Bertz CT molecular complexity index is 328. The zero-order chi connectivity index (χ0) is 14.6. The molecule has 1 aliphatic heterocycles. The van der Waals surface area contributed by atoms with E-state index >= 15 is 0 Å². The van der Waals surface area contributed by atoms with Crippen molar-refractivity contribution < 1.29 is 14.3 Å². The summed E-state index contributed by atoms with van der Waals surface area (Å²) in [4.78, 5) is 26.3. The standard InChI is InChI=1S/C14H26N2O3/c1-10(2)11(15-13(18)14(3,4)5)12(17)16-6-8-19-9-7-16/h10-11H,6-9H2,1-5H3,(H,15,18)/t11-/m1/s1. The highest BCUT2D eigenvalue weighted by Gasteiger charge is 2.32. The number of hydrogen-bond donors (Lipinski definition) is 1. The van der Waals surface area contributed by atoms with Gasteiger partial charge in [-0.05, 0) is 5.92 Å². The van der Waals surface area contributed by atoms with Crippen LogP contribution in [0.15, 0.2) is 0 Å². The lowest BCUT2D eigenvalue weighted by Gasteiger charge is -2.33. The van der Waals surface area contributed by atoms with Crippen molar-refractivity contribution in [1.29, 1.82) is 0 Å². The van der Waals surface area contributed by atoms with Crippen molar-refractivity contribution in [2.45, 2.75) is 40.7 Å². The Hall–Kier alpha value is -1.10. The summed E-state index contributed by atoms with van der Waals surface area (Å²) in [5.74, 6) is -0.0228. The Morgan fingerprint density at radius 3 is 2.11 bits per heavy atom. The number of rotatable bonds is 3. The molecule has 5 heteroatoms. The van der Waals surface area contributed by atoms with Crippen LogP contribution in [0.2, 0.25) is 0 Å². The Morgan fingerprint density at radius 1 is 1.16 bits per heavy atom. The highest BCUT2D eigenvalue weighted by Crippen LogP contribution is 2.15. The number of carbonyl (C=O) groups excluding carboxylic acids is 2. The van der Waals surface area contributed by atoms with Crippen LogP contribution in [-0.4, -0.2) is 49.1 Å². The first kappa shape index (κ1) is 16.0. The Kier molecular flexibility index (Phi) is 5.35. The van der Waals surface area contributed by atoms with E-state index in [-0.39, 0.29) is 17.7 Å². The van der Waals surface area contributed by atoms with Crippen LogP contribution in [0.1, 0.15) is 34.6 Å². The monoisotopic (exact) mass is 270 g/mol. The average molecular weight is 270 g/mol. The van der Waals surface area contributed by atoms with Gasteiger partial charge in [0.15, 0.2) is 0 Å². The molecule has 0 radical (unpaired) electrons. The van der Waals surface area contributed by atoms with E-state index in [9.17, 15) is 9.59 Å². The summed E-state index contributed by atoms with van der Waals surface area (Å²) in [5, 5.41) is 2.88. The van der Waals surface area contributed by atoms with E-state index in [0.717, 1.165) is 0 Å². The molecule has 0 unspecified atom stereocenters. The first-order chi connectivity index (χ1) is 8.73. The van der Waals surface area contributed by atoms with Gasteiger partial charge in [0.05, 0.1) is 13.2 Å². The van der Waals surface area contributed by atoms with E-state index in [0.29, 0.717) is 26.3 Å². The van der Waals surface area contributed by atoms with Crippen LogP contribution >= 0.6 is 0 Å². The highest BCUT2D eigenvalue weighted by molar-refractivity contribution is 5.89. The van der Waals surface area contributed by atoms with Crippen molar-refractivity contribution in [2.24, 2.45) is 11.3 Å². The fraction of sp³-hybridized carbons (Fsp3) is 0.857. The molecular formula is C14H26N2O3.